The molecule has 0 bridgehead atoms. The van der Waals surface area contributed by atoms with E-state index in [2.05, 4.69) is 25.1 Å². The molecular weight excluding hydrogens is 382 g/mol. The van der Waals surface area contributed by atoms with E-state index in [1.807, 2.05) is 36.1 Å². The average Bonchev–Trinajstić information content (AvgIpc) is 3.17. The highest BCUT2D eigenvalue weighted by Gasteiger charge is 2.24. The lowest BCUT2D eigenvalue weighted by atomic mass is 10.1. The van der Waals surface area contributed by atoms with Gasteiger partial charge in [-0.1, -0.05) is 42.0 Å². The predicted octanol–water partition coefficient (Wildman–Crippen LogP) is 2.73. The van der Waals surface area contributed by atoms with Crippen molar-refractivity contribution < 1.29 is 14.4 Å². The minimum Gasteiger partial charge on any atom is -0.370 e. The molecule has 0 spiro atoms. The Bertz CT molecular complexity index is 995. The molecule has 29 heavy (non-hydrogen) atoms. The van der Waals surface area contributed by atoms with Gasteiger partial charge in [0.15, 0.2) is 5.13 Å². The van der Waals surface area contributed by atoms with Gasteiger partial charge in [0.05, 0.1) is 36.5 Å². The van der Waals surface area contributed by atoms with Crippen molar-refractivity contribution in [2.75, 3.05) is 44.3 Å². The molecule has 2 heterocycles. The summed E-state index contributed by atoms with van der Waals surface area (Å²) >= 11 is 1.61. The highest BCUT2D eigenvalue weighted by atomic mass is 32.1. The zero-order chi connectivity index (χ0) is 20.2. The van der Waals surface area contributed by atoms with Crippen LogP contribution in [0.5, 0.6) is 0 Å². The number of rotatable bonds is 6. The minimum atomic E-state index is 0.0242. The smallest absolute Gasteiger partial charge is 0.260 e. The van der Waals surface area contributed by atoms with Gasteiger partial charge in [0.1, 0.15) is 13.1 Å². The Kier molecular flexibility index (Phi) is 6.23. The third-order valence-electron chi connectivity index (χ3n) is 5.48. The van der Waals surface area contributed by atoms with Crippen LogP contribution in [0, 0.1) is 6.92 Å². The van der Waals surface area contributed by atoms with Crippen molar-refractivity contribution in [1.29, 1.82) is 0 Å². The lowest BCUT2D eigenvalue weighted by Gasteiger charge is -2.27. The Hall–Kier alpha value is -2.28. The molecular formula is C23H28N3O2S+. The Morgan fingerprint density at radius 3 is 2.79 bits per heavy atom. The normalized spacial score (nSPS) is 15.0. The summed E-state index contributed by atoms with van der Waals surface area (Å²) in [5.74, 6) is 0.0242. The number of hydrogen-bond donors (Lipinski definition) is 1. The number of morpholine rings is 1. The summed E-state index contributed by atoms with van der Waals surface area (Å²) in [6.07, 6.45) is 0.996. The van der Waals surface area contributed by atoms with Crippen molar-refractivity contribution in [3.63, 3.8) is 0 Å². The molecule has 0 aliphatic carbocycles. The minimum absolute atomic E-state index is 0.0242. The van der Waals surface area contributed by atoms with Gasteiger partial charge < -0.3 is 9.64 Å². The molecule has 1 aliphatic rings. The fourth-order valence-corrected chi connectivity index (χ4v) is 4.74. The van der Waals surface area contributed by atoms with E-state index >= 15 is 0 Å². The standard InChI is InChI=1S/C23H27N3O2S/c1-3-18-7-8-20-21(16-18)29-23(24-20)26(10-9-25-11-13-28-14-12-25)22(27)19-6-4-5-17(2)15-19/h4-8,15-16H,3,9-14H2,1-2H3/p+1. The molecule has 3 aromatic rings. The molecule has 1 amide bonds. The molecule has 152 valence electrons. The topological polar surface area (TPSA) is 46.9 Å². The first kappa shape index (κ1) is 20.0. The van der Waals surface area contributed by atoms with Crippen LogP contribution in [0.1, 0.15) is 28.4 Å². The Morgan fingerprint density at radius 2 is 2.03 bits per heavy atom. The van der Waals surface area contributed by atoms with Crippen molar-refractivity contribution in [2.24, 2.45) is 0 Å². The predicted molar refractivity (Wildman–Crippen MR) is 118 cm³/mol. The van der Waals surface area contributed by atoms with E-state index in [1.54, 1.807) is 11.3 Å². The second-order valence-corrected chi connectivity index (χ2v) is 8.60. The average molecular weight is 411 g/mol. The summed E-state index contributed by atoms with van der Waals surface area (Å²) in [5, 5.41) is 0.785. The van der Waals surface area contributed by atoms with Crippen molar-refractivity contribution in [3.8, 4) is 0 Å². The Morgan fingerprint density at radius 1 is 1.21 bits per heavy atom. The molecule has 0 saturated carbocycles. The summed E-state index contributed by atoms with van der Waals surface area (Å²) in [5.41, 5.74) is 4.06. The third-order valence-corrected chi connectivity index (χ3v) is 6.52. The number of nitrogens with one attached hydrogen (secondary N) is 1. The maximum absolute atomic E-state index is 13.4. The molecule has 0 atom stereocenters. The maximum atomic E-state index is 13.4. The van der Waals surface area contributed by atoms with Gasteiger partial charge in [0, 0.05) is 5.56 Å². The number of amides is 1. The van der Waals surface area contributed by atoms with Crippen LogP contribution in [0.4, 0.5) is 5.13 Å². The highest BCUT2D eigenvalue weighted by Crippen LogP contribution is 2.30. The first-order valence-electron chi connectivity index (χ1n) is 10.3. The summed E-state index contributed by atoms with van der Waals surface area (Å²) in [6.45, 7) is 9.30. The number of nitrogens with zero attached hydrogens (tertiary/aromatic N) is 2. The summed E-state index contributed by atoms with van der Waals surface area (Å²) in [6, 6.07) is 14.2. The van der Waals surface area contributed by atoms with Crippen LogP contribution in [-0.4, -0.2) is 50.3 Å². The SMILES string of the molecule is CCc1ccc2nc(N(CC[NH+]3CCOCC3)C(=O)c3cccc(C)c3)sc2c1. The zero-order valence-corrected chi connectivity index (χ0v) is 17.9. The van der Waals surface area contributed by atoms with Crippen LogP contribution in [0.2, 0.25) is 0 Å². The van der Waals surface area contributed by atoms with E-state index in [1.165, 1.54) is 10.5 Å². The quantitative estimate of drug-likeness (QED) is 0.680. The molecule has 1 fully saturated rings. The number of quaternary nitrogens is 1. The second-order valence-electron chi connectivity index (χ2n) is 7.59. The number of hydrogen-bond acceptors (Lipinski definition) is 4. The van der Waals surface area contributed by atoms with Gasteiger partial charge >= 0.3 is 0 Å². The van der Waals surface area contributed by atoms with Crippen molar-refractivity contribution in [1.82, 2.24) is 4.98 Å². The number of benzene rings is 2. The lowest BCUT2D eigenvalue weighted by Crippen LogP contribution is -3.14. The molecule has 5 nitrogen and oxygen atoms in total. The monoisotopic (exact) mass is 410 g/mol. The first-order chi connectivity index (χ1) is 14.1. The molecule has 0 unspecified atom stereocenters. The molecule has 6 heteroatoms. The van der Waals surface area contributed by atoms with Gasteiger partial charge in [-0.15, -0.1) is 0 Å². The van der Waals surface area contributed by atoms with E-state index in [4.69, 9.17) is 9.72 Å². The molecule has 1 aromatic heterocycles. The van der Waals surface area contributed by atoms with E-state index in [-0.39, 0.29) is 5.91 Å². The summed E-state index contributed by atoms with van der Waals surface area (Å²) in [7, 11) is 0. The van der Waals surface area contributed by atoms with Crippen molar-refractivity contribution in [2.45, 2.75) is 20.3 Å². The number of carbonyl (C=O) groups excluding carboxylic acids is 1. The molecule has 0 radical (unpaired) electrons. The van der Waals surface area contributed by atoms with Crippen molar-refractivity contribution in [3.05, 3.63) is 59.2 Å². The lowest BCUT2D eigenvalue weighted by molar-refractivity contribution is -0.906. The van der Waals surface area contributed by atoms with Crippen LogP contribution >= 0.6 is 11.3 Å². The highest BCUT2D eigenvalue weighted by molar-refractivity contribution is 7.22. The number of ether oxygens (including phenoxy) is 1. The van der Waals surface area contributed by atoms with Gasteiger partial charge in [0.2, 0.25) is 0 Å². The molecule has 1 aliphatic heterocycles. The molecule has 2 aromatic carbocycles. The fraction of sp³-hybridized carbons (Fsp3) is 0.391. The van der Waals surface area contributed by atoms with E-state index in [9.17, 15) is 4.79 Å². The number of anilines is 1. The van der Waals surface area contributed by atoms with E-state index in [0.29, 0.717) is 6.54 Å². The van der Waals surface area contributed by atoms with Gasteiger partial charge in [0.25, 0.3) is 5.91 Å². The second kappa shape index (κ2) is 9.03. The number of aromatic nitrogens is 1. The van der Waals surface area contributed by atoms with Gasteiger partial charge in [-0.25, -0.2) is 4.98 Å². The van der Waals surface area contributed by atoms with Gasteiger partial charge in [-0.3, -0.25) is 9.69 Å². The molecule has 1 N–H and O–H groups in total. The Labute approximate surface area is 175 Å². The number of fused-ring (bicyclic) bond motifs is 1. The Balaban J connectivity index is 1.64. The molecule has 4 rings (SSSR count). The van der Waals surface area contributed by atoms with E-state index < -0.39 is 0 Å². The van der Waals surface area contributed by atoms with Crippen LogP contribution in [0.3, 0.4) is 0 Å². The maximum Gasteiger partial charge on any atom is 0.260 e. The number of aryl methyl sites for hydroxylation is 2. The van der Waals surface area contributed by atoms with Crippen LogP contribution in [0.15, 0.2) is 42.5 Å². The van der Waals surface area contributed by atoms with E-state index in [0.717, 1.165) is 65.7 Å². The van der Waals surface area contributed by atoms with Gasteiger partial charge in [-0.05, 0) is 43.2 Å². The zero-order valence-electron chi connectivity index (χ0n) is 17.1. The largest absolute Gasteiger partial charge is 0.370 e. The van der Waals surface area contributed by atoms with Gasteiger partial charge in [-0.2, -0.15) is 0 Å². The summed E-state index contributed by atoms with van der Waals surface area (Å²) in [4.78, 5) is 21.6. The third kappa shape index (κ3) is 4.66. The van der Waals surface area contributed by atoms with Crippen LogP contribution in [0.25, 0.3) is 10.2 Å². The number of thiazole rings is 1. The first-order valence-corrected chi connectivity index (χ1v) is 11.1. The van der Waals surface area contributed by atoms with Crippen molar-refractivity contribution >= 4 is 32.6 Å². The molecule has 1 saturated heterocycles. The fourth-order valence-electron chi connectivity index (χ4n) is 3.69. The summed E-state index contributed by atoms with van der Waals surface area (Å²) < 4.78 is 6.61. The van der Waals surface area contributed by atoms with Crippen LogP contribution in [-0.2, 0) is 11.2 Å². The van der Waals surface area contributed by atoms with Crippen LogP contribution < -0.4 is 9.80 Å². The number of carbonyl (C=O) groups is 1.